The largest absolute Gasteiger partial charge is 0.498 e. The lowest BCUT2D eigenvalue weighted by Crippen LogP contribution is -2.41. The van der Waals surface area contributed by atoms with Crippen molar-refractivity contribution in [1.29, 1.82) is 0 Å². The Kier molecular flexibility index (Phi) is 5.22. The van der Waals surface area contributed by atoms with Gasteiger partial charge in [0.15, 0.2) is 0 Å². The van der Waals surface area contributed by atoms with Gasteiger partial charge < -0.3 is 9.31 Å². The van der Waals surface area contributed by atoms with Crippen molar-refractivity contribution in [3.63, 3.8) is 0 Å². The van der Waals surface area contributed by atoms with Crippen LogP contribution in [0.15, 0.2) is 12.1 Å². The summed E-state index contributed by atoms with van der Waals surface area (Å²) < 4.78 is 67.5. The number of nitrogens with one attached hydrogen (secondary N) is 1. The Balaban J connectivity index is 2.42. The molecule has 10 heteroatoms. The Morgan fingerprint density at radius 2 is 1.68 bits per heavy atom. The molecule has 0 bridgehead atoms. The molecular formula is C15H23BF2N2O4S. The minimum absolute atomic E-state index is 0.177. The molecule has 1 aliphatic rings. The van der Waals surface area contributed by atoms with Gasteiger partial charge in [-0.25, -0.2) is 8.78 Å². The normalized spacial score (nSPS) is 19.5. The summed E-state index contributed by atoms with van der Waals surface area (Å²) in [7, 11) is -3.81. The molecule has 0 saturated carbocycles. The minimum Gasteiger partial charge on any atom is -0.399 e. The van der Waals surface area contributed by atoms with E-state index in [1.54, 1.807) is 34.6 Å². The van der Waals surface area contributed by atoms with Gasteiger partial charge in [-0.2, -0.15) is 12.7 Å². The fourth-order valence-electron chi connectivity index (χ4n) is 2.21. The number of benzene rings is 1. The van der Waals surface area contributed by atoms with E-state index in [2.05, 4.69) is 4.72 Å². The average Bonchev–Trinajstić information content (AvgIpc) is 2.69. The highest BCUT2D eigenvalue weighted by Crippen LogP contribution is 2.37. The first-order chi connectivity index (χ1) is 11.3. The number of anilines is 1. The number of rotatable bonds is 5. The molecule has 1 aliphatic heterocycles. The maximum Gasteiger partial charge on any atom is 0.498 e. The van der Waals surface area contributed by atoms with Crippen molar-refractivity contribution < 1.29 is 26.5 Å². The quantitative estimate of drug-likeness (QED) is 0.797. The highest BCUT2D eigenvalue weighted by atomic mass is 32.2. The summed E-state index contributed by atoms with van der Waals surface area (Å²) in [5.74, 6) is -1.74. The van der Waals surface area contributed by atoms with Gasteiger partial charge in [-0.05, 0) is 33.8 Å². The van der Waals surface area contributed by atoms with Gasteiger partial charge in [0.05, 0.1) is 16.9 Å². The van der Waals surface area contributed by atoms with Crippen LogP contribution < -0.4 is 10.2 Å². The van der Waals surface area contributed by atoms with Crippen LogP contribution in [-0.4, -0.2) is 44.6 Å². The molecule has 0 aromatic heterocycles. The zero-order valence-electron chi connectivity index (χ0n) is 15.2. The van der Waals surface area contributed by atoms with Crippen LogP contribution in [0.1, 0.15) is 34.6 Å². The Morgan fingerprint density at radius 3 is 2.16 bits per heavy atom. The molecule has 1 N–H and O–H groups in total. The van der Waals surface area contributed by atoms with E-state index in [9.17, 15) is 17.2 Å². The summed E-state index contributed by atoms with van der Waals surface area (Å²) in [6.07, 6.45) is 0. The number of hydrogen-bond acceptors (Lipinski definition) is 4. The molecule has 140 valence electrons. The lowest BCUT2D eigenvalue weighted by atomic mass is 9.78. The Hall–Kier alpha value is -1.23. The van der Waals surface area contributed by atoms with Crippen molar-refractivity contribution in [2.75, 3.05) is 18.3 Å². The molecule has 1 aromatic carbocycles. The predicted molar refractivity (Wildman–Crippen MR) is 92.9 cm³/mol. The molecule has 2 rings (SSSR count). The molecule has 1 heterocycles. The van der Waals surface area contributed by atoms with E-state index in [1.807, 2.05) is 0 Å². The van der Waals surface area contributed by atoms with Crippen LogP contribution in [0.25, 0.3) is 0 Å². The van der Waals surface area contributed by atoms with Gasteiger partial charge in [0, 0.05) is 25.1 Å². The third-order valence-corrected chi connectivity index (χ3v) is 6.22. The van der Waals surface area contributed by atoms with Gasteiger partial charge >= 0.3 is 17.3 Å². The molecule has 1 fully saturated rings. The van der Waals surface area contributed by atoms with Crippen molar-refractivity contribution in [2.45, 2.75) is 45.8 Å². The predicted octanol–water partition coefficient (Wildman–Crippen LogP) is 1.87. The highest BCUT2D eigenvalue weighted by Gasteiger charge is 2.52. The molecule has 25 heavy (non-hydrogen) atoms. The molecule has 0 unspecified atom stereocenters. The first-order valence-electron chi connectivity index (χ1n) is 7.89. The van der Waals surface area contributed by atoms with E-state index >= 15 is 0 Å². The van der Waals surface area contributed by atoms with Gasteiger partial charge in [-0.1, -0.05) is 6.92 Å². The Labute approximate surface area is 147 Å². The summed E-state index contributed by atoms with van der Waals surface area (Å²) in [4.78, 5) is 0. The van der Waals surface area contributed by atoms with Crippen molar-refractivity contribution >= 4 is 28.5 Å². The highest BCUT2D eigenvalue weighted by molar-refractivity contribution is 7.90. The molecule has 1 aromatic rings. The Bertz CT molecular complexity index is 755. The van der Waals surface area contributed by atoms with Crippen molar-refractivity contribution in [2.24, 2.45) is 0 Å². The van der Waals surface area contributed by atoms with Gasteiger partial charge in [0.25, 0.3) is 0 Å². The SMILES string of the molecule is CCN(C)S(=O)(=O)Nc1cc(F)cc(B2OC(C)(C)C(C)(C)O2)c1F. The van der Waals surface area contributed by atoms with Gasteiger partial charge in [-0.3, -0.25) is 4.72 Å². The zero-order valence-corrected chi connectivity index (χ0v) is 16.0. The smallest absolute Gasteiger partial charge is 0.399 e. The van der Waals surface area contributed by atoms with Crippen molar-refractivity contribution in [1.82, 2.24) is 4.31 Å². The molecule has 0 radical (unpaired) electrons. The van der Waals surface area contributed by atoms with Gasteiger partial charge in [0.2, 0.25) is 0 Å². The standard InChI is InChI=1S/C15H23BF2N2O4S/c1-7-20(6)25(21,22)19-12-9-10(17)8-11(13(12)18)16-23-14(2,3)15(4,5)24-16/h8-9,19H,7H2,1-6H3. The maximum absolute atomic E-state index is 14.8. The second-order valence-electron chi connectivity index (χ2n) is 6.97. The molecule has 0 amide bonds. The topological polar surface area (TPSA) is 67.9 Å². The molecular weight excluding hydrogens is 353 g/mol. The molecule has 6 nitrogen and oxygen atoms in total. The lowest BCUT2D eigenvalue weighted by Gasteiger charge is -2.32. The number of nitrogens with zero attached hydrogens (tertiary/aromatic N) is 1. The maximum atomic E-state index is 14.8. The summed E-state index contributed by atoms with van der Waals surface area (Å²) in [5, 5.41) is 0. The molecule has 1 saturated heterocycles. The van der Waals surface area contributed by atoms with Crippen molar-refractivity contribution in [3.8, 4) is 0 Å². The van der Waals surface area contributed by atoms with E-state index in [4.69, 9.17) is 9.31 Å². The minimum atomic E-state index is -3.99. The number of halogens is 2. The van der Waals surface area contributed by atoms with E-state index < -0.39 is 45.9 Å². The van der Waals surface area contributed by atoms with Crippen LogP contribution in [0.3, 0.4) is 0 Å². The zero-order chi connectivity index (χ0) is 19.2. The third-order valence-electron chi connectivity index (χ3n) is 4.67. The average molecular weight is 376 g/mol. The van der Waals surface area contributed by atoms with Crippen LogP contribution in [-0.2, 0) is 19.5 Å². The fraction of sp³-hybridized carbons (Fsp3) is 0.600. The van der Waals surface area contributed by atoms with E-state index in [-0.39, 0.29) is 12.0 Å². The van der Waals surface area contributed by atoms with Crippen LogP contribution in [0, 0.1) is 11.6 Å². The van der Waals surface area contributed by atoms with E-state index in [1.165, 1.54) is 7.05 Å². The van der Waals surface area contributed by atoms with Gasteiger partial charge in [-0.15, -0.1) is 0 Å². The summed E-state index contributed by atoms with van der Waals surface area (Å²) in [6.45, 7) is 8.93. The van der Waals surface area contributed by atoms with Crippen molar-refractivity contribution in [3.05, 3.63) is 23.8 Å². The second kappa shape index (κ2) is 6.50. The number of hydrogen-bond donors (Lipinski definition) is 1. The van der Waals surface area contributed by atoms with Crippen LogP contribution >= 0.6 is 0 Å². The summed E-state index contributed by atoms with van der Waals surface area (Å²) in [6, 6.07) is 1.73. The van der Waals surface area contributed by atoms with Crippen LogP contribution in [0.2, 0.25) is 0 Å². The molecule has 0 atom stereocenters. The first kappa shape index (κ1) is 20.1. The second-order valence-corrected chi connectivity index (χ2v) is 8.74. The lowest BCUT2D eigenvalue weighted by molar-refractivity contribution is 0.00578. The fourth-order valence-corrected chi connectivity index (χ4v) is 3.14. The van der Waals surface area contributed by atoms with E-state index in [0.29, 0.717) is 0 Å². The molecule has 0 aliphatic carbocycles. The van der Waals surface area contributed by atoms with Crippen LogP contribution in [0.5, 0.6) is 0 Å². The molecule has 0 spiro atoms. The van der Waals surface area contributed by atoms with E-state index in [0.717, 1.165) is 16.4 Å². The summed E-state index contributed by atoms with van der Waals surface area (Å²) >= 11 is 0. The monoisotopic (exact) mass is 376 g/mol. The van der Waals surface area contributed by atoms with Crippen LogP contribution in [0.4, 0.5) is 14.5 Å². The third kappa shape index (κ3) is 3.81. The summed E-state index contributed by atoms with van der Waals surface area (Å²) in [5.41, 5.74) is -2.17. The first-order valence-corrected chi connectivity index (χ1v) is 9.33. The Morgan fingerprint density at radius 1 is 1.16 bits per heavy atom. The van der Waals surface area contributed by atoms with Gasteiger partial charge in [0.1, 0.15) is 11.6 Å².